The van der Waals surface area contributed by atoms with Gasteiger partial charge in [0.05, 0.1) is 24.1 Å². The molecule has 0 saturated carbocycles. The van der Waals surface area contributed by atoms with Crippen molar-refractivity contribution < 1.29 is 18.7 Å². The summed E-state index contributed by atoms with van der Waals surface area (Å²) in [6.45, 7) is 0. The maximum Gasteiger partial charge on any atom is 0.339 e. The molecule has 0 bridgehead atoms. The van der Waals surface area contributed by atoms with Crippen molar-refractivity contribution >= 4 is 29.3 Å². The standard InChI is InChI=1S/C20H17NO4S/c1-24-20(23)16-9-5-6-10-17(16)21-19(22)18-12-11-14(25-18)13-26-15-7-3-2-4-8-15/h2-12H,13H2,1H3,(H,21,22). The second-order valence-electron chi connectivity index (χ2n) is 5.36. The highest BCUT2D eigenvalue weighted by atomic mass is 32.2. The van der Waals surface area contributed by atoms with Crippen molar-refractivity contribution in [1.29, 1.82) is 0 Å². The van der Waals surface area contributed by atoms with Gasteiger partial charge >= 0.3 is 5.97 Å². The molecule has 0 unspecified atom stereocenters. The molecule has 0 fully saturated rings. The van der Waals surface area contributed by atoms with E-state index in [2.05, 4.69) is 5.32 Å². The van der Waals surface area contributed by atoms with E-state index in [0.717, 1.165) is 4.90 Å². The molecule has 0 atom stereocenters. The molecular formula is C20H17NO4S. The van der Waals surface area contributed by atoms with Gasteiger partial charge in [-0.15, -0.1) is 11.8 Å². The highest BCUT2D eigenvalue weighted by molar-refractivity contribution is 7.98. The van der Waals surface area contributed by atoms with Crippen LogP contribution in [0.3, 0.4) is 0 Å². The Bertz CT molecular complexity index is 905. The van der Waals surface area contributed by atoms with Crippen LogP contribution in [0.1, 0.15) is 26.7 Å². The number of anilines is 1. The smallest absolute Gasteiger partial charge is 0.339 e. The predicted octanol–water partition coefficient (Wildman–Crippen LogP) is 4.61. The fourth-order valence-corrected chi connectivity index (χ4v) is 3.13. The molecule has 26 heavy (non-hydrogen) atoms. The Morgan fingerprint density at radius 1 is 1.00 bits per heavy atom. The van der Waals surface area contributed by atoms with Crippen molar-refractivity contribution in [2.75, 3.05) is 12.4 Å². The molecule has 1 N–H and O–H groups in total. The van der Waals surface area contributed by atoms with Gasteiger partial charge in [-0.1, -0.05) is 30.3 Å². The summed E-state index contributed by atoms with van der Waals surface area (Å²) in [5.41, 5.74) is 0.663. The van der Waals surface area contributed by atoms with Crippen LogP contribution in [0.4, 0.5) is 5.69 Å². The maximum absolute atomic E-state index is 12.4. The summed E-state index contributed by atoms with van der Waals surface area (Å²) in [6, 6.07) is 20.0. The summed E-state index contributed by atoms with van der Waals surface area (Å²) in [7, 11) is 1.30. The lowest BCUT2D eigenvalue weighted by atomic mass is 10.2. The molecule has 0 aliphatic carbocycles. The first kappa shape index (κ1) is 17.8. The van der Waals surface area contributed by atoms with E-state index in [1.54, 1.807) is 48.2 Å². The third-order valence-corrected chi connectivity index (χ3v) is 4.62. The van der Waals surface area contributed by atoms with Crippen molar-refractivity contribution in [3.63, 3.8) is 0 Å². The average Bonchev–Trinajstić information content (AvgIpc) is 3.16. The van der Waals surface area contributed by atoms with Crippen molar-refractivity contribution in [2.45, 2.75) is 10.6 Å². The lowest BCUT2D eigenvalue weighted by Crippen LogP contribution is -2.14. The summed E-state index contributed by atoms with van der Waals surface area (Å²) < 4.78 is 10.3. The molecular weight excluding hydrogens is 350 g/mol. The molecule has 132 valence electrons. The number of furan rings is 1. The van der Waals surface area contributed by atoms with E-state index >= 15 is 0 Å². The molecule has 5 nitrogen and oxygen atoms in total. The number of methoxy groups -OCH3 is 1. The van der Waals surface area contributed by atoms with Crippen LogP contribution in [0.5, 0.6) is 0 Å². The number of nitrogens with one attached hydrogen (secondary N) is 1. The van der Waals surface area contributed by atoms with Gasteiger partial charge in [0.2, 0.25) is 0 Å². The van der Waals surface area contributed by atoms with Crippen LogP contribution < -0.4 is 5.32 Å². The number of carbonyl (C=O) groups is 2. The first-order chi connectivity index (χ1) is 12.7. The number of thioether (sulfide) groups is 1. The molecule has 0 aliphatic heterocycles. The molecule has 2 aromatic carbocycles. The van der Waals surface area contributed by atoms with E-state index in [4.69, 9.17) is 9.15 Å². The minimum absolute atomic E-state index is 0.188. The first-order valence-electron chi connectivity index (χ1n) is 7.92. The van der Waals surface area contributed by atoms with Gasteiger partial charge in [-0.05, 0) is 36.4 Å². The largest absolute Gasteiger partial charge is 0.465 e. The predicted molar refractivity (Wildman–Crippen MR) is 100 cm³/mol. The third kappa shape index (κ3) is 4.34. The Balaban J connectivity index is 1.66. The zero-order valence-corrected chi connectivity index (χ0v) is 14.9. The van der Waals surface area contributed by atoms with Crippen LogP contribution in [0.2, 0.25) is 0 Å². The van der Waals surface area contributed by atoms with Crippen LogP contribution in [-0.4, -0.2) is 19.0 Å². The van der Waals surface area contributed by atoms with Crippen LogP contribution in [-0.2, 0) is 10.5 Å². The van der Waals surface area contributed by atoms with Gasteiger partial charge in [-0.25, -0.2) is 4.79 Å². The molecule has 0 spiro atoms. The number of carbonyl (C=O) groups excluding carboxylic acids is 2. The molecule has 6 heteroatoms. The van der Waals surface area contributed by atoms with Crippen LogP contribution in [0, 0.1) is 0 Å². The van der Waals surface area contributed by atoms with Gasteiger partial charge in [-0.3, -0.25) is 4.79 Å². The van der Waals surface area contributed by atoms with Gasteiger partial charge in [-0.2, -0.15) is 0 Å². The zero-order valence-electron chi connectivity index (χ0n) is 14.1. The Morgan fingerprint density at radius 2 is 1.73 bits per heavy atom. The summed E-state index contributed by atoms with van der Waals surface area (Å²) in [6.07, 6.45) is 0. The van der Waals surface area contributed by atoms with E-state index in [0.29, 0.717) is 17.2 Å². The van der Waals surface area contributed by atoms with E-state index in [-0.39, 0.29) is 11.3 Å². The number of hydrogen-bond donors (Lipinski definition) is 1. The van der Waals surface area contributed by atoms with E-state index in [1.165, 1.54) is 7.11 Å². The topological polar surface area (TPSA) is 68.5 Å². The van der Waals surface area contributed by atoms with Gasteiger partial charge in [0.25, 0.3) is 5.91 Å². The summed E-state index contributed by atoms with van der Waals surface area (Å²) in [4.78, 5) is 25.3. The van der Waals surface area contributed by atoms with Gasteiger partial charge in [0.15, 0.2) is 5.76 Å². The molecule has 3 rings (SSSR count). The number of amides is 1. The van der Waals surface area contributed by atoms with Crippen LogP contribution in [0.15, 0.2) is 76.0 Å². The maximum atomic E-state index is 12.4. The first-order valence-corrected chi connectivity index (χ1v) is 8.91. The number of benzene rings is 2. The van der Waals surface area contributed by atoms with Crippen LogP contribution >= 0.6 is 11.8 Å². The molecule has 1 amide bonds. The number of esters is 1. The van der Waals surface area contributed by atoms with Crippen molar-refractivity contribution in [1.82, 2.24) is 0 Å². The summed E-state index contributed by atoms with van der Waals surface area (Å²) in [5.74, 6) is 0.576. The van der Waals surface area contributed by atoms with Gasteiger partial charge < -0.3 is 14.5 Å². The second-order valence-corrected chi connectivity index (χ2v) is 6.41. The average molecular weight is 367 g/mol. The molecule has 0 radical (unpaired) electrons. The quantitative estimate of drug-likeness (QED) is 0.509. The van der Waals surface area contributed by atoms with E-state index in [9.17, 15) is 9.59 Å². The van der Waals surface area contributed by atoms with Crippen LogP contribution in [0.25, 0.3) is 0 Å². The SMILES string of the molecule is COC(=O)c1ccccc1NC(=O)c1ccc(CSc2ccccc2)o1. The van der Waals surface area contributed by atoms with Gasteiger partial charge in [0.1, 0.15) is 5.76 Å². The Morgan fingerprint density at radius 3 is 2.50 bits per heavy atom. The van der Waals surface area contributed by atoms with E-state index < -0.39 is 11.9 Å². The third-order valence-electron chi connectivity index (χ3n) is 3.59. The van der Waals surface area contributed by atoms with Crippen molar-refractivity contribution in [3.05, 3.63) is 83.8 Å². The Labute approximate surface area is 155 Å². The number of hydrogen-bond acceptors (Lipinski definition) is 5. The molecule has 3 aromatic rings. The Kier molecular flexibility index (Phi) is 5.76. The Hall–Kier alpha value is -2.99. The minimum atomic E-state index is -0.514. The lowest BCUT2D eigenvalue weighted by molar-refractivity contribution is 0.0602. The molecule has 0 aliphatic rings. The molecule has 0 saturated heterocycles. The van der Waals surface area contributed by atoms with E-state index in [1.807, 2.05) is 30.3 Å². The minimum Gasteiger partial charge on any atom is -0.465 e. The molecule has 1 aromatic heterocycles. The monoisotopic (exact) mass is 367 g/mol. The fraction of sp³-hybridized carbons (Fsp3) is 0.100. The normalized spacial score (nSPS) is 10.3. The summed E-state index contributed by atoms with van der Waals surface area (Å²) >= 11 is 1.63. The lowest BCUT2D eigenvalue weighted by Gasteiger charge is -2.08. The molecule has 1 heterocycles. The fourth-order valence-electron chi connectivity index (χ4n) is 2.31. The number of ether oxygens (including phenoxy) is 1. The van der Waals surface area contributed by atoms with Crippen molar-refractivity contribution in [2.24, 2.45) is 0 Å². The number of rotatable bonds is 6. The second kappa shape index (κ2) is 8.40. The summed E-state index contributed by atoms with van der Waals surface area (Å²) in [5, 5.41) is 2.69. The highest BCUT2D eigenvalue weighted by Gasteiger charge is 2.16. The number of para-hydroxylation sites is 1. The van der Waals surface area contributed by atoms with Gasteiger partial charge in [0, 0.05) is 4.90 Å². The zero-order chi connectivity index (χ0) is 18.4. The highest BCUT2D eigenvalue weighted by Crippen LogP contribution is 2.24. The van der Waals surface area contributed by atoms with Crippen molar-refractivity contribution in [3.8, 4) is 0 Å².